The minimum atomic E-state index is -2.90. The van der Waals surface area contributed by atoms with Crippen LogP contribution in [-0.4, -0.2) is 15.0 Å². The van der Waals surface area contributed by atoms with Crippen molar-refractivity contribution in [2.45, 2.75) is 53.0 Å². The van der Waals surface area contributed by atoms with Crippen LogP contribution in [0, 0.1) is 5.92 Å². The lowest BCUT2D eigenvalue weighted by Crippen LogP contribution is -2.30. The fourth-order valence-corrected chi connectivity index (χ4v) is 3.70. The quantitative estimate of drug-likeness (QED) is 0.447. The van der Waals surface area contributed by atoms with Crippen LogP contribution in [0.15, 0.2) is 59.4 Å². The number of imidazole rings is 1. The number of rotatable bonds is 8. The number of nitrogens with zero attached hydrogens (tertiary/aromatic N) is 2. The minimum absolute atomic E-state index is 0.0148. The summed E-state index contributed by atoms with van der Waals surface area (Å²) in [5.41, 5.74) is 2.02. The molecule has 4 nitrogen and oxygen atoms in total. The molecule has 0 saturated heterocycles. The maximum absolute atomic E-state index is 14.0. The van der Waals surface area contributed by atoms with Crippen molar-refractivity contribution in [2.75, 3.05) is 0 Å². The number of halogens is 2. The second kappa shape index (κ2) is 9.86. The molecule has 0 saturated carbocycles. The van der Waals surface area contributed by atoms with E-state index in [1.165, 1.54) is 4.57 Å². The van der Waals surface area contributed by atoms with E-state index in [9.17, 15) is 18.4 Å². The third-order valence-corrected chi connectivity index (χ3v) is 5.40. The normalized spacial score (nSPS) is 11.5. The molecule has 3 rings (SSSR count). The zero-order valence-corrected chi connectivity index (χ0v) is 18.1. The summed E-state index contributed by atoms with van der Waals surface area (Å²) in [6.45, 7) is 5.71. The first-order valence-corrected chi connectivity index (χ1v) is 10.6. The molecule has 0 unspecified atom stereocenters. The molecule has 6 heteroatoms. The Bertz CT molecular complexity index is 1080. The molecule has 1 aromatic heterocycles. The average Bonchev–Trinajstić information content (AvgIpc) is 3.04. The Kier molecular flexibility index (Phi) is 7.21. The van der Waals surface area contributed by atoms with E-state index in [-0.39, 0.29) is 24.6 Å². The van der Waals surface area contributed by atoms with Crippen molar-refractivity contribution in [3.05, 3.63) is 82.0 Å². The Labute approximate surface area is 181 Å². The van der Waals surface area contributed by atoms with Gasteiger partial charge < -0.3 is 0 Å². The van der Waals surface area contributed by atoms with Crippen molar-refractivity contribution in [3.8, 4) is 11.1 Å². The van der Waals surface area contributed by atoms with Crippen molar-refractivity contribution in [1.29, 1.82) is 0 Å². The fraction of sp³-hybridized carbons (Fsp3) is 0.360. The van der Waals surface area contributed by atoms with Crippen molar-refractivity contribution in [1.82, 2.24) is 9.13 Å². The van der Waals surface area contributed by atoms with Crippen molar-refractivity contribution >= 4 is 5.91 Å². The van der Waals surface area contributed by atoms with Gasteiger partial charge in [-0.3, -0.25) is 9.36 Å². The molecule has 2 aromatic carbocycles. The van der Waals surface area contributed by atoms with Crippen LogP contribution in [0.5, 0.6) is 0 Å². The third-order valence-electron chi connectivity index (χ3n) is 5.40. The molecule has 0 spiro atoms. The maximum atomic E-state index is 14.0. The predicted octanol–water partition coefficient (Wildman–Crippen LogP) is 5.94. The Morgan fingerprint density at radius 3 is 2.13 bits per heavy atom. The number of carbonyl (C=O) groups excluding carboxylic acids is 1. The smallest absolute Gasteiger partial charge is 0.291 e. The summed E-state index contributed by atoms with van der Waals surface area (Å²) in [5.74, 6) is -0.325. The summed E-state index contributed by atoms with van der Waals surface area (Å²) in [6, 6.07) is 17.6. The number of hydrogen-bond acceptors (Lipinski definition) is 2. The van der Waals surface area contributed by atoms with Gasteiger partial charge in [-0.25, -0.2) is 18.1 Å². The van der Waals surface area contributed by atoms with Gasteiger partial charge in [-0.1, -0.05) is 75.4 Å². The van der Waals surface area contributed by atoms with Gasteiger partial charge in [0, 0.05) is 12.1 Å². The Balaban J connectivity index is 2.03. The SMILES string of the molecule is CCC(=O)n1c(C(F)F)c(CCC(C)C)n(Cc2ccc(-c3ccccc3)cc2)c1=O. The molecule has 1 heterocycles. The van der Waals surface area contributed by atoms with Crippen molar-refractivity contribution in [2.24, 2.45) is 5.92 Å². The highest BCUT2D eigenvalue weighted by Crippen LogP contribution is 2.26. The van der Waals surface area contributed by atoms with E-state index in [1.807, 2.05) is 68.4 Å². The van der Waals surface area contributed by atoms with Gasteiger partial charge in [0.05, 0.1) is 6.54 Å². The Morgan fingerprint density at radius 2 is 1.58 bits per heavy atom. The first-order valence-electron chi connectivity index (χ1n) is 10.6. The number of aromatic nitrogens is 2. The topological polar surface area (TPSA) is 44.0 Å². The molecule has 0 N–H and O–H groups in total. The highest BCUT2D eigenvalue weighted by Gasteiger charge is 2.28. The van der Waals surface area contributed by atoms with E-state index < -0.39 is 23.7 Å². The molecule has 0 atom stereocenters. The lowest BCUT2D eigenvalue weighted by molar-refractivity contribution is 0.0863. The Hall–Kier alpha value is -3.02. The fourth-order valence-electron chi connectivity index (χ4n) is 3.70. The summed E-state index contributed by atoms with van der Waals surface area (Å²) in [7, 11) is 0. The third kappa shape index (κ3) is 5.01. The van der Waals surface area contributed by atoms with Crippen LogP contribution in [0.4, 0.5) is 8.78 Å². The van der Waals surface area contributed by atoms with E-state index in [2.05, 4.69) is 0 Å². The monoisotopic (exact) mass is 426 g/mol. The van der Waals surface area contributed by atoms with E-state index in [1.54, 1.807) is 6.92 Å². The van der Waals surface area contributed by atoms with Gasteiger partial charge in [-0.05, 0) is 35.4 Å². The molecule has 0 aliphatic heterocycles. The highest BCUT2D eigenvalue weighted by atomic mass is 19.3. The molecule has 0 fully saturated rings. The van der Waals surface area contributed by atoms with Gasteiger partial charge in [0.25, 0.3) is 6.43 Å². The van der Waals surface area contributed by atoms with Crippen LogP contribution in [0.25, 0.3) is 11.1 Å². The summed E-state index contributed by atoms with van der Waals surface area (Å²) < 4.78 is 29.9. The van der Waals surface area contributed by atoms with E-state index >= 15 is 0 Å². The van der Waals surface area contributed by atoms with E-state index in [0.717, 1.165) is 16.7 Å². The zero-order chi connectivity index (χ0) is 22.5. The largest absolute Gasteiger partial charge is 0.335 e. The van der Waals surface area contributed by atoms with Crippen molar-refractivity contribution < 1.29 is 13.6 Å². The molecule has 164 valence electrons. The van der Waals surface area contributed by atoms with Crippen LogP contribution in [-0.2, 0) is 13.0 Å². The van der Waals surface area contributed by atoms with E-state index in [0.29, 0.717) is 17.4 Å². The zero-order valence-electron chi connectivity index (χ0n) is 18.1. The molecule has 0 amide bonds. The highest BCUT2D eigenvalue weighted by molar-refractivity contribution is 5.79. The first-order chi connectivity index (χ1) is 14.8. The summed E-state index contributed by atoms with van der Waals surface area (Å²) in [5, 5.41) is 0. The summed E-state index contributed by atoms with van der Waals surface area (Å²) in [6.07, 6.45) is -1.94. The maximum Gasteiger partial charge on any atom is 0.335 e. The number of benzene rings is 2. The van der Waals surface area contributed by atoms with E-state index in [4.69, 9.17) is 0 Å². The molecule has 0 aliphatic rings. The first kappa shape index (κ1) is 22.7. The molecular weight excluding hydrogens is 398 g/mol. The van der Waals surface area contributed by atoms with Crippen LogP contribution < -0.4 is 5.69 Å². The Morgan fingerprint density at radius 1 is 0.968 bits per heavy atom. The lowest BCUT2D eigenvalue weighted by Gasteiger charge is -2.12. The molecular formula is C25H28F2N2O2. The molecule has 0 bridgehead atoms. The number of hydrogen-bond donors (Lipinski definition) is 0. The van der Waals surface area contributed by atoms with Gasteiger partial charge in [0.2, 0.25) is 5.91 Å². The van der Waals surface area contributed by atoms with Gasteiger partial charge in [-0.15, -0.1) is 0 Å². The summed E-state index contributed by atoms with van der Waals surface area (Å²) in [4.78, 5) is 25.4. The van der Waals surface area contributed by atoms with Crippen molar-refractivity contribution in [3.63, 3.8) is 0 Å². The van der Waals surface area contributed by atoms with Crippen LogP contribution >= 0.6 is 0 Å². The number of carbonyl (C=O) groups is 1. The number of alkyl halides is 2. The van der Waals surface area contributed by atoms with Crippen LogP contribution in [0.1, 0.15) is 61.8 Å². The molecule has 0 aliphatic carbocycles. The van der Waals surface area contributed by atoms with Crippen LogP contribution in [0.2, 0.25) is 0 Å². The summed E-state index contributed by atoms with van der Waals surface area (Å²) >= 11 is 0. The lowest BCUT2D eigenvalue weighted by atomic mass is 10.0. The molecule has 0 radical (unpaired) electrons. The minimum Gasteiger partial charge on any atom is -0.291 e. The second-order valence-corrected chi connectivity index (χ2v) is 8.08. The van der Waals surface area contributed by atoms with Gasteiger partial charge in [0.15, 0.2) is 0 Å². The average molecular weight is 427 g/mol. The molecule has 31 heavy (non-hydrogen) atoms. The van der Waals surface area contributed by atoms with Gasteiger partial charge in [0.1, 0.15) is 5.69 Å². The van der Waals surface area contributed by atoms with Gasteiger partial charge >= 0.3 is 5.69 Å². The van der Waals surface area contributed by atoms with Crippen LogP contribution in [0.3, 0.4) is 0 Å². The second-order valence-electron chi connectivity index (χ2n) is 8.08. The van der Waals surface area contributed by atoms with Gasteiger partial charge in [-0.2, -0.15) is 0 Å². The molecule has 3 aromatic rings. The predicted molar refractivity (Wildman–Crippen MR) is 119 cm³/mol. The standard InChI is InChI=1S/C25H28F2N2O2/c1-4-22(30)29-23(24(26)27)21(15-10-17(2)3)28(25(29)31)16-18-11-13-20(14-12-18)19-8-6-5-7-9-19/h5-9,11-14,17,24H,4,10,15-16H2,1-3H3.